The summed E-state index contributed by atoms with van der Waals surface area (Å²) in [7, 11) is -3.27. The number of carboxylic acids is 1. The maximum Gasteiger partial charge on any atom is 0.490 e. The van der Waals surface area contributed by atoms with Crippen LogP contribution >= 0.6 is 0 Å². The van der Waals surface area contributed by atoms with Crippen LogP contribution in [0.1, 0.15) is 44.1 Å². The lowest BCUT2D eigenvalue weighted by molar-refractivity contribution is -0.192. The number of aliphatic carboxylic acids is 1. The van der Waals surface area contributed by atoms with Gasteiger partial charge in [-0.3, -0.25) is 4.31 Å². The number of likely N-dealkylation sites (tertiary alicyclic amines) is 1. The Kier molecular flexibility index (Phi) is 9.73. The fourth-order valence-electron chi connectivity index (χ4n) is 5.92. The molecular weight excluding hydrogens is 559 g/mol. The largest absolute Gasteiger partial charge is 0.494 e. The molecule has 0 amide bonds. The molecule has 41 heavy (non-hydrogen) atoms. The van der Waals surface area contributed by atoms with E-state index < -0.39 is 22.2 Å². The summed E-state index contributed by atoms with van der Waals surface area (Å²) in [4.78, 5) is 13.9. The Labute approximate surface area is 239 Å². The molecule has 3 aliphatic rings. The molecule has 0 aliphatic carbocycles. The molecule has 226 valence electrons. The van der Waals surface area contributed by atoms with Crippen LogP contribution in [0.15, 0.2) is 48.5 Å². The first-order valence-electron chi connectivity index (χ1n) is 14.0. The molecule has 2 saturated heterocycles. The van der Waals surface area contributed by atoms with Gasteiger partial charge in [-0.05, 0) is 81.1 Å². The average Bonchev–Trinajstić information content (AvgIpc) is 3.27. The minimum Gasteiger partial charge on any atom is -0.494 e. The van der Waals surface area contributed by atoms with Crippen molar-refractivity contribution >= 4 is 27.4 Å². The van der Waals surface area contributed by atoms with Crippen molar-refractivity contribution in [3.63, 3.8) is 0 Å². The Morgan fingerprint density at radius 3 is 2.17 bits per heavy atom. The maximum absolute atomic E-state index is 12.4. The van der Waals surface area contributed by atoms with Gasteiger partial charge < -0.3 is 19.6 Å². The molecule has 5 rings (SSSR count). The summed E-state index contributed by atoms with van der Waals surface area (Å²) in [6.07, 6.45) is 3.25. The van der Waals surface area contributed by atoms with E-state index in [1.54, 1.807) is 4.31 Å². The van der Waals surface area contributed by atoms with E-state index in [1.807, 2.05) is 18.2 Å². The van der Waals surface area contributed by atoms with Gasteiger partial charge in [0.25, 0.3) is 0 Å². The molecule has 2 aromatic rings. The number of carboxylic acid groups (broad SMARTS) is 1. The Morgan fingerprint density at radius 2 is 1.59 bits per heavy atom. The highest BCUT2D eigenvalue weighted by atomic mass is 32.2. The molecule has 2 aromatic carbocycles. The number of fused-ring (bicyclic) bond motifs is 2. The van der Waals surface area contributed by atoms with Gasteiger partial charge in [0.2, 0.25) is 10.0 Å². The number of hydrogen-bond acceptors (Lipinski definition) is 6. The molecule has 0 atom stereocenters. The van der Waals surface area contributed by atoms with Crippen molar-refractivity contribution in [3.05, 3.63) is 54.1 Å². The third-order valence-corrected chi connectivity index (χ3v) is 9.22. The summed E-state index contributed by atoms with van der Waals surface area (Å²) in [6.45, 7) is 6.77. The van der Waals surface area contributed by atoms with E-state index in [1.165, 1.54) is 49.9 Å². The normalized spacial score (nSPS) is 18.9. The lowest BCUT2D eigenvalue weighted by atomic mass is 9.74. The Balaban J connectivity index is 0.000000493. The van der Waals surface area contributed by atoms with Gasteiger partial charge in [0.05, 0.1) is 18.6 Å². The van der Waals surface area contributed by atoms with E-state index in [0.717, 1.165) is 56.9 Å². The number of halogens is 3. The van der Waals surface area contributed by atoms with Crippen LogP contribution in [-0.4, -0.2) is 82.7 Å². The number of ether oxygens (including phenoxy) is 1. The van der Waals surface area contributed by atoms with Crippen LogP contribution < -0.4 is 13.9 Å². The number of hydrogen-bond donors (Lipinski definition) is 1. The molecule has 8 nitrogen and oxygen atoms in total. The number of piperidine rings is 2. The van der Waals surface area contributed by atoms with E-state index >= 15 is 0 Å². The highest BCUT2D eigenvalue weighted by Crippen LogP contribution is 2.48. The molecule has 0 bridgehead atoms. The van der Waals surface area contributed by atoms with Crippen LogP contribution in [0.2, 0.25) is 0 Å². The Bertz CT molecular complexity index is 1270. The topological polar surface area (TPSA) is 90.4 Å². The second-order valence-corrected chi connectivity index (χ2v) is 12.9. The summed E-state index contributed by atoms with van der Waals surface area (Å²) in [5, 5.41) is 7.12. The van der Waals surface area contributed by atoms with Gasteiger partial charge in [0.15, 0.2) is 0 Å². The molecule has 12 heteroatoms. The van der Waals surface area contributed by atoms with Gasteiger partial charge in [-0.2, -0.15) is 13.2 Å². The SMILES string of the molecule is CS(=O)(=O)N1CC2(CCN(c3ccc(OCCCN4CCCCC4)cc3)CC2)c2ccccc21.O=C(O)C(F)(F)F. The van der Waals surface area contributed by atoms with Gasteiger partial charge in [0, 0.05) is 37.3 Å². The van der Waals surface area contributed by atoms with E-state index in [-0.39, 0.29) is 5.41 Å². The van der Waals surface area contributed by atoms with Crippen LogP contribution in [0.4, 0.5) is 24.5 Å². The van der Waals surface area contributed by atoms with E-state index in [0.29, 0.717) is 6.54 Å². The summed E-state index contributed by atoms with van der Waals surface area (Å²) in [6, 6.07) is 16.5. The monoisotopic (exact) mass is 597 g/mol. The maximum atomic E-state index is 12.4. The minimum absolute atomic E-state index is 0.0897. The third-order valence-electron chi connectivity index (χ3n) is 8.09. The van der Waals surface area contributed by atoms with Gasteiger partial charge in [-0.15, -0.1) is 0 Å². The van der Waals surface area contributed by atoms with Crippen LogP contribution in [0.5, 0.6) is 5.75 Å². The van der Waals surface area contributed by atoms with Gasteiger partial charge >= 0.3 is 12.1 Å². The number of carbonyl (C=O) groups is 1. The lowest BCUT2D eigenvalue weighted by Gasteiger charge is -2.41. The highest BCUT2D eigenvalue weighted by molar-refractivity contribution is 7.92. The number of benzene rings is 2. The van der Waals surface area contributed by atoms with Crippen molar-refractivity contribution in [3.8, 4) is 5.75 Å². The third kappa shape index (κ3) is 7.85. The standard InChI is InChI=1S/C27H37N3O3S.C2HF3O2/c1-34(31,32)30-22-27(25-8-3-4-9-26(25)30)14-19-29(20-15-27)23-10-12-24(13-11-23)33-21-7-18-28-16-5-2-6-17-28;3-2(4,5)1(6)7/h3-4,8-13H,2,5-7,14-22H2,1H3;(H,6,7). The van der Waals surface area contributed by atoms with E-state index in [9.17, 15) is 21.6 Å². The minimum atomic E-state index is -5.08. The molecule has 0 unspecified atom stereocenters. The van der Waals surface area contributed by atoms with E-state index in [2.05, 4.69) is 40.1 Å². The quantitative estimate of drug-likeness (QED) is 0.455. The molecule has 0 radical (unpaired) electrons. The number of rotatable bonds is 7. The zero-order chi connectivity index (χ0) is 29.7. The molecule has 0 aromatic heterocycles. The van der Waals surface area contributed by atoms with Crippen molar-refractivity contribution in [2.75, 3.05) is 61.3 Å². The highest BCUT2D eigenvalue weighted by Gasteiger charge is 2.47. The van der Waals surface area contributed by atoms with Crippen molar-refractivity contribution in [1.82, 2.24) is 4.90 Å². The lowest BCUT2D eigenvalue weighted by Crippen LogP contribution is -2.46. The molecule has 2 fully saturated rings. The number of para-hydroxylation sites is 1. The molecular formula is C29H38F3N3O5S. The Hall–Kier alpha value is -2.99. The summed E-state index contributed by atoms with van der Waals surface area (Å²) >= 11 is 0. The van der Waals surface area contributed by atoms with Gasteiger partial charge in [-0.1, -0.05) is 24.6 Å². The number of nitrogens with zero attached hydrogens (tertiary/aromatic N) is 3. The molecule has 3 heterocycles. The van der Waals surface area contributed by atoms with Crippen LogP contribution in [0, 0.1) is 0 Å². The van der Waals surface area contributed by atoms with Crippen molar-refractivity contribution in [2.45, 2.75) is 50.1 Å². The zero-order valence-corrected chi connectivity index (χ0v) is 24.1. The molecule has 1 N–H and O–H groups in total. The molecule has 3 aliphatic heterocycles. The smallest absolute Gasteiger partial charge is 0.490 e. The first-order valence-corrected chi connectivity index (χ1v) is 15.8. The van der Waals surface area contributed by atoms with Crippen molar-refractivity contribution in [2.24, 2.45) is 0 Å². The van der Waals surface area contributed by atoms with E-state index in [4.69, 9.17) is 14.6 Å². The summed E-state index contributed by atoms with van der Waals surface area (Å²) in [5.41, 5.74) is 3.17. The zero-order valence-electron chi connectivity index (χ0n) is 23.3. The predicted octanol–water partition coefficient (Wildman–Crippen LogP) is 4.89. The predicted molar refractivity (Wildman–Crippen MR) is 152 cm³/mol. The van der Waals surface area contributed by atoms with Gasteiger partial charge in [-0.25, -0.2) is 13.2 Å². The van der Waals surface area contributed by atoms with Crippen molar-refractivity contribution < 1.29 is 36.2 Å². The fraction of sp³-hybridized carbons (Fsp3) is 0.552. The second kappa shape index (κ2) is 12.9. The number of anilines is 2. The molecule has 1 spiro atoms. The Morgan fingerprint density at radius 1 is 0.976 bits per heavy atom. The number of alkyl halides is 3. The van der Waals surface area contributed by atoms with Crippen LogP contribution in [0.25, 0.3) is 0 Å². The average molecular weight is 598 g/mol. The van der Waals surface area contributed by atoms with Gasteiger partial charge in [0.1, 0.15) is 5.75 Å². The number of sulfonamides is 1. The first kappa shape index (κ1) is 31.0. The second-order valence-electron chi connectivity index (χ2n) is 11.0. The molecule has 0 saturated carbocycles. The van der Waals surface area contributed by atoms with Crippen molar-refractivity contribution in [1.29, 1.82) is 0 Å². The summed E-state index contributed by atoms with van der Waals surface area (Å²) in [5.74, 6) is -1.82. The van der Waals surface area contributed by atoms with Crippen LogP contribution in [0.3, 0.4) is 0 Å². The first-order chi connectivity index (χ1) is 19.4. The summed E-state index contributed by atoms with van der Waals surface area (Å²) < 4.78 is 64.2. The van der Waals surface area contributed by atoms with Crippen LogP contribution in [-0.2, 0) is 20.2 Å². The fourth-order valence-corrected chi connectivity index (χ4v) is 6.91.